The predicted molar refractivity (Wildman–Crippen MR) is 116 cm³/mol. The van der Waals surface area contributed by atoms with E-state index in [1.54, 1.807) is 4.90 Å². The zero-order valence-corrected chi connectivity index (χ0v) is 17.0. The summed E-state index contributed by atoms with van der Waals surface area (Å²) in [6.07, 6.45) is 5.81. The van der Waals surface area contributed by atoms with Crippen LogP contribution in [-0.4, -0.2) is 27.4 Å². The van der Waals surface area contributed by atoms with Crippen LogP contribution in [0.3, 0.4) is 0 Å². The molecule has 2 amide bonds. The Morgan fingerprint density at radius 2 is 1.70 bits per heavy atom. The first-order chi connectivity index (χ1) is 14.7. The van der Waals surface area contributed by atoms with Gasteiger partial charge in [0.1, 0.15) is 5.82 Å². The van der Waals surface area contributed by atoms with Gasteiger partial charge in [-0.1, -0.05) is 49.6 Å². The van der Waals surface area contributed by atoms with Crippen molar-refractivity contribution in [3.05, 3.63) is 60.4 Å². The number of carbonyl (C=O) groups excluding carboxylic acids is 2. The van der Waals surface area contributed by atoms with E-state index in [1.165, 1.54) is 6.42 Å². The van der Waals surface area contributed by atoms with Crippen LogP contribution in [0, 0.1) is 0 Å². The summed E-state index contributed by atoms with van der Waals surface area (Å²) in [6, 6.07) is 16.7. The molecule has 6 heteroatoms. The Bertz CT molecular complexity index is 1070. The van der Waals surface area contributed by atoms with E-state index in [0.717, 1.165) is 42.4 Å². The lowest BCUT2D eigenvalue weighted by molar-refractivity contribution is -0.127. The molecule has 6 nitrogen and oxygen atoms in total. The van der Waals surface area contributed by atoms with Crippen molar-refractivity contribution >= 4 is 28.5 Å². The number of nitrogens with one attached hydrogen (secondary N) is 1. The van der Waals surface area contributed by atoms with E-state index in [1.807, 2.05) is 59.2 Å². The summed E-state index contributed by atoms with van der Waals surface area (Å²) in [5.74, 6) is 0.441. The van der Waals surface area contributed by atoms with Gasteiger partial charge in [-0.15, -0.1) is 0 Å². The first-order valence-corrected chi connectivity index (χ1v) is 10.8. The summed E-state index contributed by atoms with van der Waals surface area (Å²) < 4.78 is 2.04. The number of anilines is 1. The van der Waals surface area contributed by atoms with Crippen LogP contribution in [0.15, 0.2) is 54.6 Å². The molecule has 1 aromatic heterocycles. The van der Waals surface area contributed by atoms with Gasteiger partial charge in [-0.05, 0) is 37.1 Å². The van der Waals surface area contributed by atoms with Crippen molar-refractivity contribution < 1.29 is 9.59 Å². The quantitative estimate of drug-likeness (QED) is 0.721. The number of fused-ring (bicyclic) bond motifs is 3. The number of benzene rings is 2. The maximum absolute atomic E-state index is 13.6. The Morgan fingerprint density at radius 1 is 0.967 bits per heavy atom. The minimum absolute atomic E-state index is 0.0559. The number of carbonyl (C=O) groups is 2. The molecule has 5 rings (SSSR count). The lowest BCUT2D eigenvalue weighted by Gasteiger charge is -2.31. The van der Waals surface area contributed by atoms with Gasteiger partial charge in [0, 0.05) is 24.7 Å². The van der Waals surface area contributed by atoms with E-state index in [0.29, 0.717) is 18.8 Å². The number of rotatable bonds is 3. The molecule has 1 fully saturated rings. The molecule has 154 valence electrons. The van der Waals surface area contributed by atoms with Crippen LogP contribution in [0.4, 0.5) is 5.69 Å². The van der Waals surface area contributed by atoms with Crippen molar-refractivity contribution in [2.45, 2.75) is 57.2 Å². The van der Waals surface area contributed by atoms with Gasteiger partial charge < -0.3 is 9.88 Å². The van der Waals surface area contributed by atoms with Crippen molar-refractivity contribution in [3.63, 3.8) is 0 Å². The average Bonchev–Trinajstić information content (AvgIpc) is 3.07. The highest BCUT2D eigenvalue weighted by Crippen LogP contribution is 2.33. The Kier molecular flexibility index (Phi) is 4.99. The van der Waals surface area contributed by atoms with Crippen molar-refractivity contribution in [1.29, 1.82) is 0 Å². The third kappa shape index (κ3) is 3.36. The zero-order valence-electron chi connectivity index (χ0n) is 17.0. The van der Waals surface area contributed by atoms with Crippen molar-refractivity contribution in [2.75, 3.05) is 4.90 Å². The maximum atomic E-state index is 13.6. The molecular formula is C24H26N4O2. The highest BCUT2D eigenvalue weighted by atomic mass is 16.2. The molecule has 1 saturated carbocycles. The third-order valence-electron chi connectivity index (χ3n) is 6.24. The lowest BCUT2D eigenvalue weighted by atomic mass is 9.95. The summed E-state index contributed by atoms with van der Waals surface area (Å²) in [5.41, 5.74) is 2.54. The minimum Gasteiger partial charge on any atom is -0.351 e. The van der Waals surface area contributed by atoms with E-state index in [-0.39, 0.29) is 17.9 Å². The van der Waals surface area contributed by atoms with E-state index < -0.39 is 6.04 Å². The van der Waals surface area contributed by atoms with Crippen molar-refractivity contribution in [3.8, 4) is 0 Å². The standard InChI is InChI=1S/C24H26N4O2/c29-21-15-16-27-20-14-8-7-13-19(20)26-23(27)22(28(21)18-11-5-2-6-12-18)24(30)25-17-9-3-1-4-10-17/h2,5-8,11-14,17,22H,1,3-4,9-10,15-16H2,(H,25,30). The molecule has 0 saturated heterocycles. The fourth-order valence-corrected chi connectivity index (χ4v) is 4.77. The van der Waals surface area contributed by atoms with Crippen LogP contribution in [0.5, 0.6) is 0 Å². The van der Waals surface area contributed by atoms with Gasteiger partial charge in [0.2, 0.25) is 5.91 Å². The van der Waals surface area contributed by atoms with Gasteiger partial charge in [0.15, 0.2) is 6.04 Å². The summed E-state index contributed by atoms with van der Waals surface area (Å²) >= 11 is 0. The fourth-order valence-electron chi connectivity index (χ4n) is 4.77. The summed E-state index contributed by atoms with van der Waals surface area (Å²) in [7, 11) is 0. The number of para-hydroxylation sites is 3. The molecule has 3 aromatic rings. The van der Waals surface area contributed by atoms with Crippen LogP contribution in [-0.2, 0) is 16.1 Å². The van der Waals surface area contributed by atoms with E-state index >= 15 is 0 Å². The second-order valence-corrected chi connectivity index (χ2v) is 8.21. The molecule has 2 aromatic carbocycles. The van der Waals surface area contributed by atoms with Crippen molar-refractivity contribution in [1.82, 2.24) is 14.9 Å². The third-order valence-corrected chi connectivity index (χ3v) is 6.24. The van der Waals surface area contributed by atoms with Crippen LogP contribution in [0.25, 0.3) is 11.0 Å². The molecule has 0 bridgehead atoms. The molecule has 0 spiro atoms. The van der Waals surface area contributed by atoms with E-state index in [9.17, 15) is 9.59 Å². The number of hydrogen-bond acceptors (Lipinski definition) is 3. The van der Waals surface area contributed by atoms with Gasteiger partial charge in [0.05, 0.1) is 11.0 Å². The first kappa shape index (κ1) is 18.9. The number of aromatic nitrogens is 2. The highest BCUT2D eigenvalue weighted by Gasteiger charge is 2.39. The Hall–Kier alpha value is -3.15. The second-order valence-electron chi connectivity index (χ2n) is 8.21. The fraction of sp³-hybridized carbons (Fsp3) is 0.375. The summed E-state index contributed by atoms with van der Waals surface area (Å²) in [6.45, 7) is 0.519. The van der Waals surface area contributed by atoms with Gasteiger partial charge in [-0.2, -0.15) is 0 Å². The molecule has 0 radical (unpaired) electrons. The number of aryl methyl sites for hydroxylation is 1. The molecule has 1 unspecified atom stereocenters. The second kappa shape index (κ2) is 7.94. The molecule has 1 N–H and O–H groups in total. The maximum Gasteiger partial charge on any atom is 0.251 e. The van der Waals surface area contributed by atoms with Gasteiger partial charge in [0.25, 0.3) is 5.91 Å². The first-order valence-electron chi connectivity index (χ1n) is 10.8. The molecule has 2 heterocycles. The Morgan fingerprint density at radius 3 is 2.50 bits per heavy atom. The van der Waals surface area contributed by atoms with Crippen LogP contribution in [0.2, 0.25) is 0 Å². The molecule has 2 aliphatic rings. The lowest BCUT2D eigenvalue weighted by Crippen LogP contribution is -2.47. The smallest absolute Gasteiger partial charge is 0.251 e. The predicted octanol–water partition coefficient (Wildman–Crippen LogP) is 3.96. The number of imidazole rings is 1. The molecule has 1 atom stereocenters. The van der Waals surface area contributed by atoms with Crippen LogP contribution in [0.1, 0.15) is 50.4 Å². The molecular weight excluding hydrogens is 376 g/mol. The average molecular weight is 402 g/mol. The van der Waals surface area contributed by atoms with Crippen LogP contribution >= 0.6 is 0 Å². The summed E-state index contributed by atoms with van der Waals surface area (Å²) in [4.78, 5) is 33.3. The number of nitrogens with zero attached hydrogens (tertiary/aromatic N) is 3. The minimum atomic E-state index is -0.781. The molecule has 1 aliphatic heterocycles. The summed E-state index contributed by atoms with van der Waals surface area (Å²) in [5, 5.41) is 3.24. The molecule has 30 heavy (non-hydrogen) atoms. The number of hydrogen-bond donors (Lipinski definition) is 1. The largest absolute Gasteiger partial charge is 0.351 e. The van der Waals surface area contributed by atoms with E-state index in [2.05, 4.69) is 5.32 Å². The molecule has 1 aliphatic carbocycles. The van der Waals surface area contributed by atoms with Gasteiger partial charge in [-0.3, -0.25) is 14.5 Å². The van der Waals surface area contributed by atoms with Crippen molar-refractivity contribution in [2.24, 2.45) is 0 Å². The normalized spacial score (nSPS) is 20.1. The Balaban J connectivity index is 1.61. The highest BCUT2D eigenvalue weighted by molar-refractivity contribution is 6.02. The van der Waals surface area contributed by atoms with Gasteiger partial charge >= 0.3 is 0 Å². The number of amides is 2. The Labute approximate surface area is 175 Å². The zero-order chi connectivity index (χ0) is 20.5. The van der Waals surface area contributed by atoms with Gasteiger partial charge in [-0.25, -0.2) is 4.98 Å². The monoisotopic (exact) mass is 402 g/mol. The SMILES string of the molecule is O=C(NC1CCCCC1)C1c2nc3ccccc3n2CCC(=O)N1c1ccccc1. The topological polar surface area (TPSA) is 67.2 Å². The van der Waals surface area contributed by atoms with Crippen LogP contribution < -0.4 is 10.2 Å². The van der Waals surface area contributed by atoms with E-state index in [4.69, 9.17) is 4.98 Å².